The topological polar surface area (TPSA) is 70.1 Å². The Morgan fingerprint density at radius 1 is 1.07 bits per heavy atom. The number of hydrogen-bond donors (Lipinski definition) is 0. The average Bonchev–Trinajstić information content (AvgIpc) is 2.68. The van der Waals surface area contributed by atoms with E-state index in [-0.39, 0.29) is 10.8 Å². The molecule has 142 valence electrons. The molecule has 27 heavy (non-hydrogen) atoms. The maximum absolute atomic E-state index is 13.0. The summed E-state index contributed by atoms with van der Waals surface area (Å²) >= 11 is 1.55. The van der Waals surface area contributed by atoms with Gasteiger partial charge < -0.3 is 0 Å². The molecule has 6 nitrogen and oxygen atoms in total. The highest BCUT2D eigenvalue weighted by Gasteiger charge is 2.25. The molecule has 2 aromatic carbocycles. The molecule has 0 bridgehead atoms. The van der Waals surface area contributed by atoms with Crippen molar-refractivity contribution in [2.45, 2.75) is 11.3 Å². The summed E-state index contributed by atoms with van der Waals surface area (Å²) in [6.45, 7) is 0.593. The van der Waals surface area contributed by atoms with Crippen LogP contribution in [-0.4, -0.2) is 55.1 Å². The van der Waals surface area contributed by atoms with E-state index in [9.17, 15) is 13.2 Å². The first kappa shape index (κ1) is 19.6. The molecule has 2 aromatic rings. The van der Waals surface area contributed by atoms with E-state index >= 15 is 0 Å². The first-order chi connectivity index (χ1) is 12.9. The second-order valence-corrected chi connectivity index (χ2v) is 9.41. The number of carbonyl (C=O) groups excluding carboxylic acids is 1. The van der Waals surface area contributed by atoms with Gasteiger partial charge in [0, 0.05) is 32.0 Å². The number of thioether (sulfide) groups is 1. The van der Waals surface area contributed by atoms with Crippen LogP contribution in [0.2, 0.25) is 0 Å². The smallest absolute Gasteiger partial charge is 0.259 e. The van der Waals surface area contributed by atoms with E-state index in [0.29, 0.717) is 17.3 Å². The number of benzene rings is 2. The van der Waals surface area contributed by atoms with Gasteiger partial charge in [0.05, 0.1) is 10.6 Å². The monoisotopic (exact) mass is 403 g/mol. The van der Waals surface area contributed by atoms with Gasteiger partial charge in [-0.2, -0.15) is 0 Å². The Bertz CT molecular complexity index is 940. The van der Waals surface area contributed by atoms with Gasteiger partial charge in [-0.15, -0.1) is 0 Å². The van der Waals surface area contributed by atoms with Crippen molar-refractivity contribution in [3.8, 4) is 0 Å². The molecule has 0 radical (unpaired) electrons. The van der Waals surface area contributed by atoms with Crippen LogP contribution in [0.15, 0.2) is 64.5 Å². The molecule has 3 rings (SSSR count). The summed E-state index contributed by atoms with van der Waals surface area (Å²) in [6, 6.07) is 15.6. The van der Waals surface area contributed by atoms with Crippen molar-refractivity contribution in [1.29, 1.82) is 0 Å². The molecule has 0 unspecified atom stereocenters. The van der Waals surface area contributed by atoms with E-state index in [4.69, 9.17) is 0 Å². The predicted molar refractivity (Wildman–Crippen MR) is 109 cm³/mol. The van der Waals surface area contributed by atoms with Crippen LogP contribution in [0.4, 0.5) is 5.69 Å². The lowest BCUT2D eigenvalue weighted by Crippen LogP contribution is -2.39. The fourth-order valence-electron chi connectivity index (χ4n) is 2.59. The third kappa shape index (κ3) is 4.40. The summed E-state index contributed by atoms with van der Waals surface area (Å²) in [4.78, 5) is 19.4. The van der Waals surface area contributed by atoms with Crippen LogP contribution in [0.1, 0.15) is 16.8 Å². The molecule has 1 aliphatic heterocycles. The van der Waals surface area contributed by atoms with Crippen molar-refractivity contribution in [3.63, 3.8) is 0 Å². The third-order valence-corrected chi connectivity index (χ3v) is 6.99. The van der Waals surface area contributed by atoms with Crippen molar-refractivity contribution in [2.24, 2.45) is 4.99 Å². The van der Waals surface area contributed by atoms with Gasteiger partial charge in [-0.1, -0.05) is 30.0 Å². The Labute approximate surface area is 163 Å². The molecule has 0 atom stereocenters. The fourth-order valence-corrected chi connectivity index (χ4v) is 4.45. The van der Waals surface area contributed by atoms with Crippen molar-refractivity contribution in [2.75, 3.05) is 26.4 Å². The lowest BCUT2D eigenvalue weighted by Gasteiger charge is -2.28. The third-order valence-electron chi connectivity index (χ3n) is 4.09. The molecular weight excluding hydrogens is 382 g/mol. The molecule has 0 aliphatic carbocycles. The van der Waals surface area contributed by atoms with Crippen LogP contribution in [0, 0.1) is 0 Å². The number of amides is 1. The van der Waals surface area contributed by atoms with Crippen LogP contribution in [0.3, 0.4) is 0 Å². The van der Waals surface area contributed by atoms with Gasteiger partial charge in [0.25, 0.3) is 5.91 Å². The van der Waals surface area contributed by atoms with E-state index in [2.05, 4.69) is 4.99 Å². The molecule has 1 amide bonds. The Morgan fingerprint density at radius 2 is 1.74 bits per heavy atom. The minimum absolute atomic E-state index is 0.162. The number of carbonyl (C=O) groups is 1. The van der Waals surface area contributed by atoms with Gasteiger partial charge in [0.15, 0.2) is 5.17 Å². The van der Waals surface area contributed by atoms with Gasteiger partial charge in [-0.3, -0.25) is 9.69 Å². The van der Waals surface area contributed by atoms with Crippen LogP contribution in [0.5, 0.6) is 0 Å². The average molecular weight is 404 g/mol. The van der Waals surface area contributed by atoms with E-state index < -0.39 is 10.0 Å². The minimum Gasteiger partial charge on any atom is -0.287 e. The SMILES string of the molecule is CN(C)S(=O)(=O)c1ccc(C(=O)N2CCCSC2=Nc2ccccc2)cc1. The summed E-state index contributed by atoms with van der Waals surface area (Å²) in [5.41, 5.74) is 1.24. The number of aliphatic imine (C=N–C) groups is 1. The fraction of sp³-hybridized carbons (Fsp3) is 0.263. The van der Waals surface area contributed by atoms with E-state index in [1.165, 1.54) is 26.2 Å². The van der Waals surface area contributed by atoms with Gasteiger partial charge in [0.2, 0.25) is 10.0 Å². The first-order valence-electron chi connectivity index (χ1n) is 8.50. The summed E-state index contributed by atoms with van der Waals surface area (Å²) < 4.78 is 25.5. The minimum atomic E-state index is -3.52. The summed E-state index contributed by atoms with van der Waals surface area (Å²) in [5.74, 6) is 0.737. The van der Waals surface area contributed by atoms with Crippen LogP contribution in [0.25, 0.3) is 0 Å². The van der Waals surface area contributed by atoms with E-state index in [0.717, 1.165) is 22.2 Å². The van der Waals surface area contributed by atoms with Crippen molar-refractivity contribution in [3.05, 3.63) is 60.2 Å². The Kier molecular flexibility index (Phi) is 5.98. The second kappa shape index (κ2) is 8.24. The molecule has 0 N–H and O–H groups in total. The number of nitrogens with zero attached hydrogens (tertiary/aromatic N) is 3. The lowest BCUT2D eigenvalue weighted by molar-refractivity contribution is 0.0849. The van der Waals surface area contributed by atoms with Crippen molar-refractivity contribution >= 4 is 38.5 Å². The molecule has 1 aliphatic rings. The van der Waals surface area contributed by atoms with Gasteiger partial charge in [-0.05, 0) is 42.8 Å². The summed E-state index contributed by atoms with van der Waals surface area (Å²) in [5, 5.41) is 0.669. The van der Waals surface area contributed by atoms with Gasteiger partial charge >= 0.3 is 0 Å². The van der Waals surface area contributed by atoms with E-state index in [1.54, 1.807) is 28.8 Å². The number of rotatable bonds is 4. The molecule has 8 heteroatoms. The maximum atomic E-state index is 13.0. The zero-order valence-electron chi connectivity index (χ0n) is 15.2. The Balaban J connectivity index is 1.86. The zero-order valence-corrected chi connectivity index (χ0v) is 16.8. The van der Waals surface area contributed by atoms with Gasteiger partial charge in [-0.25, -0.2) is 17.7 Å². The second-order valence-electron chi connectivity index (χ2n) is 6.20. The van der Waals surface area contributed by atoms with Crippen LogP contribution >= 0.6 is 11.8 Å². The number of hydrogen-bond acceptors (Lipinski definition) is 5. The zero-order chi connectivity index (χ0) is 19.4. The molecule has 1 fully saturated rings. The number of para-hydroxylation sites is 1. The highest BCUT2D eigenvalue weighted by Crippen LogP contribution is 2.24. The largest absolute Gasteiger partial charge is 0.287 e. The molecule has 0 saturated carbocycles. The Hall–Kier alpha value is -2.16. The van der Waals surface area contributed by atoms with E-state index in [1.807, 2.05) is 30.3 Å². The van der Waals surface area contributed by atoms with Crippen LogP contribution in [-0.2, 0) is 10.0 Å². The summed E-state index contributed by atoms with van der Waals surface area (Å²) in [7, 11) is -0.559. The van der Waals surface area contributed by atoms with Crippen molar-refractivity contribution in [1.82, 2.24) is 9.21 Å². The summed E-state index contributed by atoms with van der Waals surface area (Å²) in [6.07, 6.45) is 0.886. The first-order valence-corrected chi connectivity index (χ1v) is 10.9. The standard InChI is InChI=1S/C19H21N3O3S2/c1-21(2)27(24,25)17-11-9-15(10-12-17)18(23)22-13-6-14-26-19(22)20-16-7-4-3-5-8-16/h3-5,7-12H,6,13-14H2,1-2H3. The highest BCUT2D eigenvalue weighted by atomic mass is 32.2. The molecule has 1 heterocycles. The highest BCUT2D eigenvalue weighted by molar-refractivity contribution is 8.13. The predicted octanol–water partition coefficient (Wildman–Crippen LogP) is 3.20. The maximum Gasteiger partial charge on any atom is 0.259 e. The number of amidine groups is 1. The Morgan fingerprint density at radius 3 is 2.37 bits per heavy atom. The quantitative estimate of drug-likeness (QED) is 0.786. The molecule has 1 saturated heterocycles. The normalized spacial score (nSPS) is 16.7. The molecule has 0 aromatic heterocycles. The molecule has 0 spiro atoms. The lowest BCUT2D eigenvalue weighted by atomic mass is 10.2. The van der Waals surface area contributed by atoms with Gasteiger partial charge in [0.1, 0.15) is 0 Å². The van der Waals surface area contributed by atoms with Crippen molar-refractivity contribution < 1.29 is 13.2 Å². The van der Waals surface area contributed by atoms with Crippen LogP contribution < -0.4 is 0 Å². The molecular formula is C19H21N3O3S2. The number of sulfonamides is 1.